The molecule has 3 aromatic rings. The Hall–Kier alpha value is -3.00. The molecule has 0 aliphatic carbocycles. The van der Waals surface area contributed by atoms with E-state index in [0.29, 0.717) is 23.1 Å². The third kappa shape index (κ3) is 4.28. The highest BCUT2D eigenvalue weighted by molar-refractivity contribution is 6.51. The van der Waals surface area contributed by atoms with Gasteiger partial charge in [0.15, 0.2) is 0 Å². The minimum absolute atomic E-state index is 0.0555. The van der Waals surface area contributed by atoms with E-state index < -0.39 is 0 Å². The van der Waals surface area contributed by atoms with Crippen molar-refractivity contribution in [1.82, 2.24) is 0 Å². The van der Waals surface area contributed by atoms with Crippen LogP contribution in [0.25, 0.3) is 0 Å². The van der Waals surface area contributed by atoms with E-state index >= 15 is 0 Å². The minimum atomic E-state index is -0.0555. The van der Waals surface area contributed by atoms with Crippen LogP contribution in [0.1, 0.15) is 66.6 Å². The third-order valence-corrected chi connectivity index (χ3v) is 4.86. The van der Waals surface area contributed by atoms with E-state index in [1.807, 2.05) is 60.7 Å². The van der Waals surface area contributed by atoms with Gasteiger partial charge in [-0.3, -0.25) is 4.79 Å². The number of Topliss-reactive ketones (excluding diaryl/α,β-unsaturated/α-hetero) is 1. The summed E-state index contributed by atoms with van der Waals surface area (Å²) in [6.45, 7) is 8.67. The molecule has 142 valence electrons. The second kappa shape index (κ2) is 8.79. The first kappa shape index (κ1) is 19.8. The van der Waals surface area contributed by atoms with Gasteiger partial charge in [0.25, 0.3) is 0 Å². The van der Waals surface area contributed by atoms with Gasteiger partial charge in [0.05, 0.1) is 5.69 Å². The van der Waals surface area contributed by atoms with Crippen LogP contribution in [-0.2, 0) is 0 Å². The summed E-state index contributed by atoms with van der Waals surface area (Å²) in [6, 6.07) is 25.4. The van der Waals surface area contributed by atoms with Gasteiger partial charge >= 0.3 is 0 Å². The van der Waals surface area contributed by atoms with Gasteiger partial charge in [-0.1, -0.05) is 107 Å². The van der Waals surface area contributed by atoms with Gasteiger partial charge in [-0.15, -0.1) is 0 Å². The van der Waals surface area contributed by atoms with Crippen molar-refractivity contribution in [3.05, 3.63) is 101 Å². The maximum atomic E-state index is 13.4. The fourth-order valence-electron chi connectivity index (χ4n) is 3.32. The summed E-state index contributed by atoms with van der Waals surface area (Å²) in [5, 5.41) is 0. The van der Waals surface area contributed by atoms with Crippen molar-refractivity contribution in [2.24, 2.45) is 4.99 Å². The number of nitrogens with zero attached hydrogens (tertiary/aromatic N) is 1. The molecule has 0 atom stereocenters. The van der Waals surface area contributed by atoms with E-state index in [1.54, 1.807) is 0 Å². The Morgan fingerprint density at radius 1 is 0.643 bits per heavy atom. The molecule has 0 saturated carbocycles. The molecule has 0 N–H and O–H groups in total. The second-order valence-electron chi connectivity index (χ2n) is 7.62. The molecule has 0 aliphatic rings. The van der Waals surface area contributed by atoms with E-state index in [4.69, 9.17) is 4.99 Å². The van der Waals surface area contributed by atoms with E-state index in [1.165, 1.54) is 11.1 Å². The predicted octanol–water partition coefficient (Wildman–Crippen LogP) is 6.94. The van der Waals surface area contributed by atoms with Crippen LogP contribution in [-0.4, -0.2) is 11.5 Å². The van der Waals surface area contributed by atoms with Crippen molar-refractivity contribution in [2.75, 3.05) is 0 Å². The Morgan fingerprint density at radius 3 is 1.57 bits per heavy atom. The summed E-state index contributed by atoms with van der Waals surface area (Å²) < 4.78 is 0. The highest BCUT2D eigenvalue weighted by Gasteiger charge is 2.19. The third-order valence-electron chi connectivity index (χ3n) is 4.86. The van der Waals surface area contributed by atoms with Crippen molar-refractivity contribution >= 4 is 17.2 Å². The zero-order valence-corrected chi connectivity index (χ0v) is 17.0. The van der Waals surface area contributed by atoms with Crippen LogP contribution >= 0.6 is 0 Å². The Balaban J connectivity index is 2.25. The van der Waals surface area contributed by atoms with Gasteiger partial charge in [0.2, 0.25) is 5.78 Å². The lowest BCUT2D eigenvalue weighted by molar-refractivity contribution is 0.106. The monoisotopic (exact) mass is 369 g/mol. The van der Waals surface area contributed by atoms with Gasteiger partial charge in [-0.05, 0) is 23.0 Å². The van der Waals surface area contributed by atoms with Crippen LogP contribution in [0.15, 0.2) is 83.9 Å². The highest BCUT2D eigenvalue weighted by atomic mass is 16.1. The van der Waals surface area contributed by atoms with Crippen molar-refractivity contribution in [3.63, 3.8) is 0 Å². The van der Waals surface area contributed by atoms with Crippen molar-refractivity contribution in [1.29, 1.82) is 0 Å². The first-order valence-electron chi connectivity index (χ1n) is 9.85. The van der Waals surface area contributed by atoms with E-state index in [0.717, 1.165) is 11.3 Å². The number of carbonyl (C=O) groups is 1. The molecule has 3 aromatic carbocycles. The number of carbonyl (C=O) groups excluding carboxylic acids is 1. The lowest BCUT2D eigenvalue weighted by atomic mass is 9.92. The fourth-order valence-corrected chi connectivity index (χ4v) is 3.32. The average Bonchev–Trinajstić information content (AvgIpc) is 2.72. The number of hydrogen-bond donors (Lipinski definition) is 0. The molecule has 0 unspecified atom stereocenters. The number of rotatable bonds is 6. The highest BCUT2D eigenvalue weighted by Crippen LogP contribution is 2.35. The van der Waals surface area contributed by atoms with Gasteiger partial charge in [-0.2, -0.15) is 0 Å². The summed E-state index contributed by atoms with van der Waals surface area (Å²) in [5.74, 6) is 0.586. The van der Waals surface area contributed by atoms with Gasteiger partial charge in [-0.25, -0.2) is 4.99 Å². The molecular formula is C26H27NO. The summed E-state index contributed by atoms with van der Waals surface area (Å²) >= 11 is 0. The molecule has 3 rings (SSSR count). The van der Waals surface area contributed by atoms with Crippen LogP contribution in [0.5, 0.6) is 0 Å². The standard InChI is InChI=1S/C26H27NO/c1-18(2)22-16-11-17-23(19(3)4)25(22)27-24(20-12-7-5-8-13-20)26(28)21-14-9-6-10-15-21/h5-19H,1-4H3. The van der Waals surface area contributed by atoms with Crippen LogP contribution in [0.2, 0.25) is 0 Å². The number of ketones is 1. The number of aliphatic imine (C=N–C) groups is 1. The van der Waals surface area contributed by atoms with Crippen LogP contribution in [0.3, 0.4) is 0 Å². The first-order chi connectivity index (χ1) is 13.5. The molecule has 28 heavy (non-hydrogen) atoms. The minimum Gasteiger partial charge on any atom is -0.287 e. The van der Waals surface area contributed by atoms with E-state index in [2.05, 4.69) is 45.9 Å². The van der Waals surface area contributed by atoms with Crippen molar-refractivity contribution in [2.45, 2.75) is 39.5 Å². The Labute approximate surface area is 168 Å². The summed E-state index contributed by atoms with van der Waals surface area (Å²) in [5.41, 5.74) is 5.24. The zero-order valence-electron chi connectivity index (χ0n) is 17.0. The SMILES string of the molecule is CC(C)c1cccc(C(C)C)c1N=C(C(=O)c1ccccc1)c1ccccc1. The average molecular weight is 370 g/mol. The first-order valence-corrected chi connectivity index (χ1v) is 9.85. The molecular weight excluding hydrogens is 342 g/mol. The Morgan fingerprint density at radius 2 is 1.11 bits per heavy atom. The molecule has 0 spiro atoms. The molecule has 0 aromatic heterocycles. The van der Waals surface area contributed by atoms with E-state index in [-0.39, 0.29) is 5.78 Å². The van der Waals surface area contributed by atoms with Gasteiger partial charge < -0.3 is 0 Å². The molecule has 0 bridgehead atoms. The maximum absolute atomic E-state index is 13.4. The molecule has 0 fully saturated rings. The fraction of sp³-hybridized carbons (Fsp3) is 0.231. The topological polar surface area (TPSA) is 29.4 Å². The largest absolute Gasteiger partial charge is 0.287 e. The molecule has 0 radical (unpaired) electrons. The molecule has 2 nitrogen and oxygen atoms in total. The lowest BCUT2D eigenvalue weighted by Gasteiger charge is -2.17. The molecule has 0 aliphatic heterocycles. The Kier molecular flexibility index (Phi) is 6.20. The Bertz CT molecular complexity index is 944. The smallest absolute Gasteiger partial charge is 0.211 e. The zero-order chi connectivity index (χ0) is 20.1. The summed E-state index contributed by atoms with van der Waals surface area (Å²) in [4.78, 5) is 18.4. The van der Waals surface area contributed by atoms with Crippen LogP contribution in [0, 0.1) is 0 Å². The molecule has 0 heterocycles. The predicted molar refractivity (Wildman–Crippen MR) is 118 cm³/mol. The van der Waals surface area contributed by atoms with Gasteiger partial charge in [0, 0.05) is 11.1 Å². The van der Waals surface area contributed by atoms with E-state index in [9.17, 15) is 4.79 Å². The van der Waals surface area contributed by atoms with Crippen molar-refractivity contribution in [3.8, 4) is 0 Å². The normalized spacial score (nSPS) is 11.9. The van der Waals surface area contributed by atoms with Crippen LogP contribution < -0.4 is 0 Å². The second-order valence-corrected chi connectivity index (χ2v) is 7.62. The molecule has 2 heteroatoms. The summed E-state index contributed by atoms with van der Waals surface area (Å²) in [6.07, 6.45) is 0. The quantitative estimate of drug-likeness (QED) is 0.342. The molecule has 0 amide bonds. The molecule has 0 saturated heterocycles. The number of hydrogen-bond acceptors (Lipinski definition) is 2. The number of para-hydroxylation sites is 1. The van der Waals surface area contributed by atoms with Gasteiger partial charge in [0.1, 0.15) is 5.71 Å². The number of benzene rings is 3. The summed E-state index contributed by atoms with van der Waals surface area (Å²) in [7, 11) is 0. The van der Waals surface area contributed by atoms with Crippen molar-refractivity contribution < 1.29 is 4.79 Å². The van der Waals surface area contributed by atoms with Crippen LogP contribution in [0.4, 0.5) is 5.69 Å². The lowest BCUT2D eigenvalue weighted by Crippen LogP contribution is -2.16. The maximum Gasteiger partial charge on any atom is 0.211 e.